The number of hydrogen-bond acceptors (Lipinski definition) is 4. The quantitative estimate of drug-likeness (QED) is 0.340. The molecule has 0 aromatic heterocycles. The van der Waals surface area contributed by atoms with Crippen molar-refractivity contribution in [2.45, 2.75) is 32.4 Å². The van der Waals surface area contributed by atoms with Crippen LogP contribution in [0.5, 0.6) is 0 Å². The molecule has 1 N–H and O–H groups in total. The van der Waals surface area contributed by atoms with Crippen LogP contribution in [0.25, 0.3) is 4.85 Å². The highest BCUT2D eigenvalue weighted by molar-refractivity contribution is 5.79. The number of nitrogens with zero attached hydrogens (tertiary/aromatic N) is 3. The highest BCUT2D eigenvalue weighted by atomic mass is 17.1. The number of aliphatic imine (C=N–C) groups is 1. The van der Waals surface area contributed by atoms with Crippen LogP contribution in [0, 0.1) is 17.9 Å². The maximum absolute atomic E-state index is 9.51. The Labute approximate surface area is 147 Å². The lowest BCUT2D eigenvalue weighted by molar-refractivity contribution is -0.279. The van der Waals surface area contributed by atoms with Crippen molar-refractivity contribution in [2.75, 3.05) is 0 Å². The first-order chi connectivity index (χ1) is 12.1. The van der Waals surface area contributed by atoms with E-state index in [1.54, 1.807) is 18.3 Å². The first-order valence-corrected chi connectivity index (χ1v) is 7.98. The van der Waals surface area contributed by atoms with E-state index in [1.807, 2.05) is 44.2 Å². The molecule has 5 nitrogen and oxygen atoms in total. The van der Waals surface area contributed by atoms with Gasteiger partial charge in [0.2, 0.25) is 0 Å². The van der Waals surface area contributed by atoms with Crippen molar-refractivity contribution in [3.05, 3.63) is 76.1 Å². The Balaban J connectivity index is 2.50. The van der Waals surface area contributed by atoms with Gasteiger partial charge in [-0.25, -0.2) is 15.0 Å². The lowest BCUT2D eigenvalue weighted by Crippen LogP contribution is -2.05. The molecule has 2 atom stereocenters. The molecule has 0 saturated heterocycles. The van der Waals surface area contributed by atoms with E-state index in [0.717, 1.165) is 17.5 Å². The summed E-state index contributed by atoms with van der Waals surface area (Å²) in [6, 6.07) is 14.9. The average Bonchev–Trinajstić information content (AvgIpc) is 2.68. The monoisotopic (exact) mass is 333 g/mol. The molecule has 0 amide bonds. The Bertz CT molecular complexity index is 797. The maximum atomic E-state index is 9.51. The Hall–Kier alpha value is -2.99. The summed E-state index contributed by atoms with van der Waals surface area (Å²) in [5.41, 5.74) is 2.56. The van der Waals surface area contributed by atoms with Gasteiger partial charge in [-0.1, -0.05) is 55.8 Å². The van der Waals surface area contributed by atoms with Crippen molar-refractivity contribution >= 4 is 11.9 Å². The molecule has 0 saturated carbocycles. The van der Waals surface area contributed by atoms with Crippen LogP contribution in [0.3, 0.4) is 0 Å². The standard InChI is InChI=1S/C20H19N3O2/c1-4-14(2)16-10-17(12-21)19(18(11-16)22-3)20(25-24)23-13-15-8-6-5-7-9-15/h5-11,13-14,20,24H,4H2,1-2H3/b23-13+. The number of nitriles is 1. The molecule has 0 heterocycles. The molecule has 0 bridgehead atoms. The highest BCUT2D eigenvalue weighted by Gasteiger charge is 2.21. The fourth-order valence-corrected chi connectivity index (χ4v) is 2.47. The summed E-state index contributed by atoms with van der Waals surface area (Å²) in [5.74, 6) is 0.225. The molecule has 0 fully saturated rings. The molecule has 5 heteroatoms. The number of hydrogen-bond donors (Lipinski definition) is 1. The van der Waals surface area contributed by atoms with E-state index in [2.05, 4.69) is 20.8 Å². The van der Waals surface area contributed by atoms with Crippen molar-refractivity contribution < 1.29 is 10.1 Å². The van der Waals surface area contributed by atoms with Crippen molar-refractivity contribution in [1.29, 1.82) is 5.26 Å². The van der Waals surface area contributed by atoms with Crippen LogP contribution in [-0.4, -0.2) is 11.5 Å². The molecule has 25 heavy (non-hydrogen) atoms. The van der Waals surface area contributed by atoms with Crippen LogP contribution in [0.1, 0.15) is 54.7 Å². The first kappa shape index (κ1) is 18.4. The topological polar surface area (TPSA) is 70.0 Å². The first-order valence-electron chi connectivity index (χ1n) is 7.98. The zero-order valence-corrected chi connectivity index (χ0v) is 14.2. The molecule has 126 valence electrons. The van der Waals surface area contributed by atoms with E-state index >= 15 is 0 Å². The molecule has 0 spiro atoms. The van der Waals surface area contributed by atoms with Crippen LogP contribution < -0.4 is 0 Å². The van der Waals surface area contributed by atoms with Gasteiger partial charge in [0.25, 0.3) is 0 Å². The smallest absolute Gasteiger partial charge is 0.199 e. The summed E-state index contributed by atoms with van der Waals surface area (Å²) < 4.78 is 0. The van der Waals surface area contributed by atoms with Crippen molar-refractivity contribution in [2.24, 2.45) is 4.99 Å². The largest absolute Gasteiger partial charge is 0.255 e. The predicted octanol–water partition coefficient (Wildman–Crippen LogP) is 5.23. The fraction of sp³-hybridized carbons (Fsp3) is 0.250. The maximum Gasteiger partial charge on any atom is 0.199 e. The van der Waals surface area contributed by atoms with Gasteiger partial charge in [-0.2, -0.15) is 5.26 Å². The third-order valence-electron chi connectivity index (χ3n) is 4.11. The highest BCUT2D eigenvalue weighted by Crippen LogP contribution is 2.35. The summed E-state index contributed by atoms with van der Waals surface area (Å²) >= 11 is 0. The van der Waals surface area contributed by atoms with Gasteiger partial charge in [-0.3, -0.25) is 4.99 Å². The fourth-order valence-electron chi connectivity index (χ4n) is 2.47. The van der Waals surface area contributed by atoms with E-state index in [0.29, 0.717) is 0 Å². The molecule has 0 aliphatic rings. The van der Waals surface area contributed by atoms with E-state index in [4.69, 9.17) is 6.57 Å². The van der Waals surface area contributed by atoms with Gasteiger partial charge in [0.1, 0.15) is 0 Å². The summed E-state index contributed by atoms with van der Waals surface area (Å²) in [4.78, 5) is 12.2. The zero-order chi connectivity index (χ0) is 18.2. The van der Waals surface area contributed by atoms with Crippen LogP contribution in [0.2, 0.25) is 0 Å². The summed E-state index contributed by atoms with van der Waals surface area (Å²) in [6.07, 6.45) is 1.30. The molecule has 0 radical (unpaired) electrons. The van der Waals surface area contributed by atoms with E-state index in [1.165, 1.54) is 0 Å². The van der Waals surface area contributed by atoms with Gasteiger partial charge in [-0.05, 0) is 24.0 Å². The van der Waals surface area contributed by atoms with E-state index < -0.39 is 6.23 Å². The second-order valence-electron chi connectivity index (χ2n) is 5.68. The van der Waals surface area contributed by atoms with Crippen LogP contribution in [-0.2, 0) is 4.89 Å². The second-order valence-corrected chi connectivity index (χ2v) is 5.68. The van der Waals surface area contributed by atoms with Gasteiger partial charge in [0, 0.05) is 17.3 Å². The summed E-state index contributed by atoms with van der Waals surface area (Å²) in [7, 11) is 0. The van der Waals surface area contributed by atoms with Gasteiger partial charge >= 0.3 is 0 Å². The third-order valence-corrected chi connectivity index (χ3v) is 4.11. The Kier molecular flexibility index (Phi) is 6.42. The Morgan fingerprint density at radius 3 is 2.64 bits per heavy atom. The third kappa shape index (κ3) is 4.30. The minimum atomic E-state index is -1.13. The van der Waals surface area contributed by atoms with Crippen LogP contribution in [0.4, 0.5) is 5.69 Å². The summed E-state index contributed by atoms with van der Waals surface area (Å²) in [6.45, 7) is 11.5. The zero-order valence-electron chi connectivity index (χ0n) is 14.2. The molecular formula is C20H19N3O2. The molecule has 2 rings (SSSR count). The van der Waals surface area contributed by atoms with Gasteiger partial charge in [0.15, 0.2) is 11.9 Å². The lowest BCUT2D eigenvalue weighted by Gasteiger charge is -2.16. The van der Waals surface area contributed by atoms with Gasteiger partial charge in [-0.15, -0.1) is 0 Å². The molecule has 2 unspecified atom stereocenters. The van der Waals surface area contributed by atoms with E-state index in [9.17, 15) is 10.5 Å². The Morgan fingerprint density at radius 2 is 2.08 bits per heavy atom. The molecule has 0 aliphatic heterocycles. The van der Waals surface area contributed by atoms with Crippen LogP contribution >= 0.6 is 0 Å². The van der Waals surface area contributed by atoms with Crippen LogP contribution in [0.15, 0.2) is 47.5 Å². The summed E-state index contributed by atoms with van der Waals surface area (Å²) in [5, 5.41) is 18.8. The SMILES string of the molecule is [C-]#[N+]c1cc(C(C)CC)cc(C#N)c1C(/N=C/c1ccccc1)OO. The minimum Gasteiger partial charge on any atom is -0.255 e. The predicted molar refractivity (Wildman–Crippen MR) is 96.6 cm³/mol. The number of rotatable bonds is 6. The minimum absolute atomic E-state index is 0.225. The molecule has 0 aliphatic carbocycles. The lowest BCUT2D eigenvalue weighted by atomic mass is 9.93. The Morgan fingerprint density at radius 1 is 1.36 bits per heavy atom. The molecule has 2 aromatic rings. The normalized spacial score (nSPS) is 13.2. The van der Waals surface area contributed by atoms with Crippen molar-refractivity contribution in [3.63, 3.8) is 0 Å². The molecular weight excluding hydrogens is 314 g/mol. The van der Waals surface area contributed by atoms with Gasteiger partial charge in [0.05, 0.1) is 12.6 Å². The van der Waals surface area contributed by atoms with Crippen molar-refractivity contribution in [1.82, 2.24) is 0 Å². The van der Waals surface area contributed by atoms with Crippen molar-refractivity contribution in [3.8, 4) is 6.07 Å². The average molecular weight is 333 g/mol. The molecule has 2 aromatic carbocycles. The van der Waals surface area contributed by atoms with Gasteiger partial charge < -0.3 is 0 Å². The van der Waals surface area contributed by atoms with E-state index in [-0.39, 0.29) is 22.7 Å². The number of benzene rings is 2. The second kappa shape index (κ2) is 8.75.